The van der Waals surface area contributed by atoms with Crippen molar-refractivity contribution in [1.82, 2.24) is 9.88 Å². The number of carbonyl (C=O) groups excluding carboxylic acids is 3. The molecular formula is C20H18ClN3O4. The van der Waals surface area contributed by atoms with Crippen LogP contribution in [0.4, 0.5) is 0 Å². The van der Waals surface area contributed by atoms with Crippen LogP contribution in [0, 0.1) is 0 Å². The first-order valence-corrected chi connectivity index (χ1v) is 8.91. The van der Waals surface area contributed by atoms with Gasteiger partial charge in [-0.3, -0.25) is 14.4 Å². The van der Waals surface area contributed by atoms with Crippen LogP contribution >= 0.6 is 11.6 Å². The van der Waals surface area contributed by atoms with E-state index in [0.29, 0.717) is 21.7 Å². The fourth-order valence-corrected chi connectivity index (χ4v) is 3.01. The summed E-state index contributed by atoms with van der Waals surface area (Å²) >= 11 is 6.00. The number of ether oxygens (including phenoxy) is 1. The lowest BCUT2D eigenvalue weighted by Gasteiger charge is -2.10. The van der Waals surface area contributed by atoms with Gasteiger partial charge >= 0.3 is 0 Å². The molecule has 3 aromatic rings. The van der Waals surface area contributed by atoms with Crippen molar-refractivity contribution in [2.45, 2.75) is 6.54 Å². The highest BCUT2D eigenvalue weighted by atomic mass is 35.5. The molecule has 0 aliphatic carbocycles. The zero-order valence-corrected chi connectivity index (χ0v) is 15.6. The Morgan fingerprint density at radius 3 is 2.54 bits per heavy atom. The average molecular weight is 400 g/mol. The number of hydrogen-bond donors (Lipinski definition) is 2. The number of ketones is 1. The van der Waals surface area contributed by atoms with Gasteiger partial charge < -0.3 is 20.4 Å². The molecular weight excluding hydrogens is 382 g/mol. The number of benzene rings is 2. The van der Waals surface area contributed by atoms with Crippen LogP contribution in [-0.2, 0) is 16.1 Å². The molecule has 0 aliphatic heterocycles. The molecule has 0 aliphatic rings. The van der Waals surface area contributed by atoms with Crippen molar-refractivity contribution in [3.05, 3.63) is 65.3 Å². The van der Waals surface area contributed by atoms with Crippen LogP contribution in [0.25, 0.3) is 10.9 Å². The van der Waals surface area contributed by atoms with Crippen LogP contribution in [0.5, 0.6) is 5.75 Å². The van der Waals surface area contributed by atoms with Crippen molar-refractivity contribution >= 4 is 40.1 Å². The highest BCUT2D eigenvalue weighted by molar-refractivity contribution is 6.44. The van der Waals surface area contributed by atoms with Gasteiger partial charge in [0.15, 0.2) is 0 Å². The van der Waals surface area contributed by atoms with Gasteiger partial charge in [-0.1, -0.05) is 41.9 Å². The summed E-state index contributed by atoms with van der Waals surface area (Å²) in [5.41, 5.74) is 5.95. The second-order valence-corrected chi connectivity index (χ2v) is 6.42. The van der Waals surface area contributed by atoms with Gasteiger partial charge in [-0.2, -0.15) is 0 Å². The van der Waals surface area contributed by atoms with Crippen LogP contribution in [0.2, 0.25) is 5.02 Å². The number of fused-ring (bicyclic) bond motifs is 1. The minimum atomic E-state index is -1.04. The maximum absolute atomic E-state index is 12.3. The molecule has 3 rings (SSSR count). The Bertz CT molecular complexity index is 1040. The molecule has 2 aromatic carbocycles. The lowest BCUT2D eigenvalue weighted by atomic mass is 10.1. The Morgan fingerprint density at radius 2 is 1.79 bits per heavy atom. The number of para-hydroxylation sites is 2. The van der Waals surface area contributed by atoms with Crippen molar-refractivity contribution < 1.29 is 19.1 Å². The van der Waals surface area contributed by atoms with E-state index in [1.807, 2.05) is 6.07 Å². The van der Waals surface area contributed by atoms with Crippen molar-refractivity contribution in [2.24, 2.45) is 5.73 Å². The molecule has 1 aromatic heterocycles. The van der Waals surface area contributed by atoms with Crippen molar-refractivity contribution in [1.29, 1.82) is 0 Å². The number of Topliss-reactive ketones (excluding diaryl/α,β-unsaturated/α-hetero) is 1. The van der Waals surface area contributed by atoms with Gasteiger partial charge in [0.1, 0.15) is 18.9 Å². The van der Waals surface area contributed by atoms with E-state index in [9.17, 15) is 14.4 Å². The summed E-state index contributed by atoms with van der Waals surface area (Å²) < 4.78 is 7.13. The predicted octanol–water partition coefficient (Wildman–Crippen LogP) is 2.16. The first-order chi connectivity index (χ1) is 13.5. The van der Waals surface area contributed by atoms with E-state index in [-0.39, 0.29) is 31.2 Å². The van der Waals surface area contributed by atoms with Crippen LogP contribution in [-0.4, -0.2) is 35.3 Å². The summed E-state index contributed by atoms with van der Waals surface area (Å²) in [6.45, 7) is 0.530. The molecule has 0 fully saturated rings. The number of aromatic nitrogens is 1. The van der Waals surface area contributed by atoms with Gasteiger partial charge in [0.25, 0.3) is 11.7 Å². The molecule has 1 heterocycles. The molecule has 0 atom stereocenters. The normalized spacial score (nSPS) is 10.6. The molecule has 8 heteroatoms. The molecule has 0 saturated carbocycles. The molecule has 0 saturated heterocycles. The highest BCUT2D eigenvalue weighted by Crippen LogP contribution is 2.23. The Hall–Kier alpha value is -3.32. The number of rotatable bonds is 8. The predicted molar refractivity (Wildman–Crippen MR) is 105 cm³/mol. The monoisotopic (exact) mass is 399 g/mol. The number of amides is 2. The van der Waals surface area contributed by atoms with Gasteiger partial charge in [-0.25, -0.2) is 0 Å². The lowest BCUT2D eigenvalue weighted by Crippen LogP contribution is -2.31. The molecule has 0 spiro atoms. The van der Waals surface area contributed by atoms with Crippen molar-refractivity contribution in [2.75, 3.05) is 13.2 Å². The van der Waals surface area contributed by atoms with E-state index >= 15 is 0 Å². The van der Waals surface area contributed by atoms with Crippen LogP contribution in [0.15, 0.2) is 54.7 Å². The Labute approximate surface area is 166 Å². The van der Waals surface area contributed by atoms with E-state index in [2.05, 4.69) is 5.32 Å². The SMILES string of the molecule is NC(=O)C(=O)c1cn(CC(=O)NCCOc2ccccc2Cl)c2ccccc12. The zero-order chi connectivity index (χ0) is 20.1. The number of nitrogens with zero attached hydrogens (tertiary/aromatic N) is 1. The summed E-state index contributed by atoms with van der Waals surface area (Å²) in [6.07, 6.45) is 1.47. The molecule has 3 N–H and O–H groups in total. The molecule has 28 heavy (non-hydrogen) atoms. The first kappa shape index (κ1) is 19.4. The summed E-state index contributed by atoms with van der Waals surface area (Å²) in [6, 6.07) is 14.1. The standard InChI is InChI=1S/C20H18ClN3O4/c21-15-6-2-4-8-17(15)28-10-9-23-18(25)12-24-11-14(19(26)20(22)27)13-5-1-3-7-16(13)24/h1-8,11H,9-10,12H2,(H2,22,27)(H,23,25). The van der Waals surface area contributed by atoms with E-state index in [1.54, 1.807) is 47.0 Å². The van der Waals surface area contributed by atoms with Crippen LogP contribution in [0.1, 0.15) is 10.4 Å². The molecule has 0 unspecified atom stereocenters. The molecule has 0 radical (unpaired) electrons. The number of halogens is 1. The van der Waals surface area contributed by atoms with E-state index in [4.69, 9.17) is 22.1 Å². The maximum atomic E-state index is 12.3. The van der Waals surface area contributed by atoms with Gasteiger partial charge in [-0.05, 0) is 18.2 Å². The number of carbonyl (C=O) groups is 3. The number of hydrogen-bond acceptors (Lipinski definition) is 4. The smallest absolute Gasteiger partial charge is 0.289 e. The van der Waals surface area contributed by atoms with Gasteiger partial charge in [0.05, 0.1) is 17.1 Å². The molecule has 144 valence electrons. The summed E-state index contributed by atoms with van der Waals surface area (Å²) in [7, 11) is 0. The zero-order valence-electron chi connectivity index (χ0n) is 14.9. The van der Waals surface area contributed by atoms with Gasteiger partial charge in [-0.15, -0.1) is 0 Å². The Morgan fingerprint density at radius 1 is 1.07 bits per heavy atom. The van der Waals surface area contributed by atoms with Crippen molar-refractivity contribution in [3.63, 3.8) is 0 Å². The molecule has 7 nitrogen and oxygen atoms in total. The molecule has 2 amide bonds. The quantitative estimate of drug-likeness (QED) is 0.344. The van der Waals surface area contributed by atoms with Crippen LogP contribution < -0.4 is 15.8 Å². The fraction of sp³-hybridized carbons (Fsp3) is 0.150. The minimum absolute atomic E-state index is 0.0152. The highest BCUT2D eigenvalue weighted by Gasteiger charge is 2.19. The number of primary amides is 1. The van der Waals surface area contributed by atoms with Gasteiger partial charge in [0.2, 0.25) is 5.91 Å². The van der Waals surface area contributed by atoms with E-state index < -0.39 is 11.7 Å². The third-order valence-corrected chi connectivity index (χ3v) is 4.40. The maximum Gasteiger partial charge on any atom is 0.289 e. The summed E-state index contributed by atoms with van der Waals surface area (Å²) in [5, 5.41) is 3.81. The average Bonchev–Trinajstić information content (AvgIpc) is 3.04. The number of nitrogens with one attached hydrogen (secondary N) is 1. The first-order valence-electron chi connectivity index (χ1n) is 8.53. The van der Waals surface area contributed by atoms with Crippen molar-refractivity contribution in [3.8, 4) is 5.75 Å². The largest absolute Gasteiger partial charge is 0.490 e. The topological polar surface area (TPSA) is 103 Å². The number of nitrogens with two attached hydrogens (primary N) is 1. The Kier molecular flexibility index (Phi) is 5.96. The lowest BCUT2D eigenvalue weighted by molar-refractivity contribution is -0.121. The van der Waals surface area contributed by atoms with E-state index in [0.717, 1.165) is 0 Å². The van der Waals surface area contributed by atoms with E-state index in [1.165, 1.54) is 6.20 Å². The minimum Gasteiger partial charge on any atom is -0.490 e. The Balaban J connectivity index is 1.62. The summed E-state index contributed by atoms with van der Waals surface area (Å²) in [5.74, 6) is -1.54. The van der Waals surface area contributed by atoms with Crippen LogP contribution in [0.3, 0.4) is 0 Å². The van der Waals surface area contributed by atoms with Gasteiger partial charge in [0, 0.05) is 17.1 Å². The second kappa shape index (κ2) is 8.58. The third-order valence-electron chi connectivity index (χ3n) is 4.09. The summed E-state index contributed by atoms with van der Waals surface area (Å²) in [4.78, 5) is 35.5. The fourth-order valence-electron chi connectivity index (χ4n) is 2.82. The third kappa shape index (κ3) is 4.32. The second-order valence-electron chi connectivity index (χ2n) is 6.01. The molecule has 0 bridgehead atoms.